The van der Waals surface area contributed by atoms with E-state index in [1.807, 2.05) is 66.0 Å². The number of nitrogens with zero attached hydrogens (tertiary/aromatic N) is 3. The van der Waals surface area contributed by atoms with Gasteiger partial charge in [-0.2, -0.15) is 0 Å². The van der Waals surface area contributed by atoms with E-state index in [2.05, 4.69) is 10.3 Å². The number of nitrogens with one attached hydrogen (secondary N) is 1. The van der Waals surface area contributed by atoms with E-state index < -0.39 is 11.6 Å². The van der Waals surface area contributed by atoms with Crippen LogP contribution >= 0.6 is 11.3 Å². The maximum Gasteiger partial charge on any atom is 0.405 e. The molecule has 0 unspecified atom stereocenters. The summed E-state index contributed by atoms with van der Waals surface area (Å²) in [6.45, 7) is 0.262. The molecular weight excluding hydrogens is 488 g/mol. The Balaban J connectivity index is 1.43. The monoisotopic (exact) mass is 512 g/mol. The molecule has 0 radical (unpaired) electrons. The van der Waals surface area contributed by atoms with Crippen molar-refractivity contribution >= 4 is 29.0 Å². The predicted octanol–water partition coefficient (Wildman–Crippen LogP) is 5.44. The van der Waals surface area contributed by atoms with E-state index in [1.54, 1.807) is 10.4 Å². The van der Waals surface area contributed by atoms with E-state index in [4.69, 9.17) is 9.72 Å². The molecule has 4 aromatic rings. The number of hydrogen-bond donors (Lipinski definition) is 2. The first-order valence-corrected chi connectivity index (χ1v) is 13.0. The maximum atomic E-state index is 12.8. The summed E-state index contributed by atoms with van der Waals surface area (Å²) in [4.78, 5) is 35.1. The van der Waals surface area contributed by atoms with Crippen LogP contribution in [0.2, 0.25) is 0 Å². The normalized spacial score (nSPS) is 15.9. The largest absolute Gasteiger partial charge is 0.466 e. The average molecular weight is 513 g/mol. The molecule has 1 fully saturated rings. The first-order valence-electron chi connectivity index (χ1n) is 12.1. The highest BCUT2D eigenvalue weighted by molar-refractivity contribution is 7.07. The average Bonchev–Trinajstić information content (AvgIpc) is 3.41. The molecule has 0 saturated heterocycles. The fraction of sp³-hybridized carbons (Fsp3) is 0.214. The zero-order chi connectivity index (χ0) is 25.4. The van der Waals surface area contributed by atoms with Gasteiger partial charge >= 0.3 is 6.09 Å². The van der Waals surface area contributed by atoms with Crippen molar-refractivity contribution in [3.05, 3.63) is 82.8 Å². The van der Waals surface area contributed by atoms with Crippen LogP contribution in [0.5, 0.6) is 5.88 Å². The van der Waals surface area contributed by atoms with E-state index in [-0.39, 0.29) is 12.5 Å². The van der Waals surface area contributed by atoms with Crippen LogP contribution in [0.15, 0.2) is 71.6 Å². The molecular formula is C28H24N4O4S. The number of thiazole rings is 1. The lowest BCUT2D eigenvalue weighted by Crippen LogP contribution is -2.50. The van der Waals surface area contributed by atoms with Crippen LogP contribution in [0, 0.1) is 0 Å². The Kier molecular flexibility index (Phi) is 5.84. The molecule has 186 valence electrons. The SMILES string of the molecule is O=C(O)NC1(c2ccc(-c3nc4c(cc3-c3ccccc3)N(Cc3cscn3)C(=O)CO4)cc2)CCC1. The molecule has 6 rings (SSSR count). The summed E-state index contributed by atoms with van der Waals surface area (Å²) in [5, 5.41) is 14.0. The minimum absolute atomic E-state index is 0.0867. The second kappa shape index (κ2) is 9.33. The minimum atomic E-state index is -1.01. The number of carboxylic acid groups (broad SMARTS) is 1. The molecule has 3 heterocycles. The van der Waals surface area contributed by atoms with Crippen LogP contribution in [0.25, 0.3) is 22.4 Å². The highest BCUT2D eigenvalue weighted by Crippen LogP contribution is 2.44. The molecule has 0 spiro atoms. The van der Waals surface area contributed by atoms with E-state index in [9.17, 15) is 14.7 Å². The Morgan fingerprint density at radius 1 is 1.11 bits per heavy atom. The molecule has 2 aromatic heterocycles. The van der Waals surface area contributed by atoms with E-state index in [0.717, 1.165) is 52.9 Å². The molecule has 8 nitrogen and oxygen atoms in total. The first kappa shape index (κ1) is 23.2. The third-order valence-corrected chi connectivity index (χ3v) is 7.68. The van der Waals surface area contributed by atoms with Crippen LogP contribution in [-0.4, -0.2) is 33.7 Å². The summed E-state index contributed by atoms with van der Waals surface area (Å²) in [6, 6.07) is 19.8. The molecule has 1 aliphatic carbocycles. The number of benzene rings is 2. The molecule has 1 aliphatic heterocycles. The second-order valence-electron chi connectivity index (χ2n) is 9.27. The van der Waals surface area contributed by atoms with Crippen molar-refractivity contribution in [2.45, 2.75) is 31.3 Å². The van der Waals surface area contributed by atoms with Crippen molar-refractivity contribution in [1.82, 2.24) is 15.3 Å². The standard InChI is InChI=1S/C28H24N4O4S/c33-24-15-36-26-23(32(24)14-21-16-37-17-29-21)13-22(18-5-2-1-3-6-18)25(30-26)19-7-9-20(10-8-19)28(11-4-12-28)31-27(34)35/h1-3,5-10,13,16-17,31H,4,11-12,14-15H2,(H,34,35). The number of fused-ring (bicyclic) bond motifs is 1. The van der Waals surface area contributed by atoms with Gasteiger partial charge in [0.1, 0.15) is 5.69 Å². The zero-order valence-electron chi connectivity index (χ0n) is 19.9. The van der Waals surface area contributed by atoms with Gasteiger partial charge in [-0.25, -0.2) is 14.8 Å². The highest BCUT2D eigenvalue weighted by atomic mass is 32.1. The zero-order valence-corrected chi connectivity index (χ0v) is 20.7. The number of carbonyl (C=O) groups excluding carboxylic acids is 1. The Labute approximate surface area is 217 Å². The Bertz CT molecular complexity index is 1450. The number of amides is 2. The minimum Gasteiger partial charge on any atom is -0.466 e. The Morgan fingerprint density at radius 2 is 1.89 bits per heavy atom. The summed E-state index contributed by atoms with van der Waals surface area (Å²) >= 11 is 1.49. The van der Waals surface area contributed by atoms with Gasteiger partial charge in [0.05, 0.1) is 29.0 Å². The fourth-order valence-electron chi connectivity index (χ4n) is 5.00. The quantitative estimate of drug-likeness (QED) is 0.356. The molecule has 2 amide bonds. The molecule has 1 saturated carbocycles. The number of anilines is 1. The molecule has 9 heteroatoms. The van der Waals surface area contributed by atoms with Crippen LogP contribution in [0.1, 0.15) is 30.5 Å². The molecule has 0 atom stereocenters. The Hall–Kier alpha value is -4.24. The molecule has 2 aromatic carbocycles. The van der Waals surface area contributed by atoms with Gasteiger partial charge in [0.15, 0.2) is 6.61 Å². The van der Waals surface area contributed by atoms with Crippen molar-refractivity contribution in [2.24, 2.45) is 0 Å². The van der Waals surface area contributed by atoms with E-state index in [1.165, 1.54) is 11.3 Å². The first-order chi connectivity index (χ1) is 18.0. The molecule has 37 heavy (non-hydrogen) atoms. The van der Waals surface area contributed by atoms with Gasteiger partial charge < -0.3 is 15.2 Å². The van der Waals surface area contributed by atoms with Gasteiger partial charge in [0, 0.05) is 16.5 Å². The lowest BCUT2D eigenvalue weighted by atomic mass is 9.71. The van der Waals surface area contributed by atoms with Crippen molar-refractivity contribution in [3.63, 3.8) is 0 Å². The lowest BCUT2D eigenvalue weighted by molar-refractivity contribution is -0.121. The molecule has 0 bridgehead atoms. The highest BCUT2D eigenvalue weighted by Gasteiger charge is 2.40. The molecule has 2 aliphatic rings. The summed E-state index contributed by atoms with van der Waals surface area (Å²) in [5.74, 6) is 0.256. The van der Waals surface area contributed by atoms with Crippen molar-refractivity contribution in [3.8, 4) is 28.3 Å². The number of rotatable bonds is 6. The van der Waals surface area contributed by atoms with Crippen LogP contribution in [0.4, 0.5) is 10.5 Å². The van der Waals surface area contributed by atoms with Gasteiger partial charge in [-0.05, 0) is 36.5 Å². The number of ether oxygens (including phenoxy) is 1. The number of pyridine rings is 1. The van der Waals surface area contributed by atoms with Crippen LogP contribution in [0.3, 0.4) is 0 Å². The molecule has 2 N–H and O–H groups in total. The third-order valence-electron chi connectivity index (χ3n) is 7.05. The van der Waals surface area contributed by atoms with Gasteiger partial charge in [-0.3, -0.25) is 9.69 Å². The summed E-state index contributed by atoms with van der Waals surface area (Å²) in [6.07, 6.45) is 1.53. The smallest absolute Gasteiger partial charge is 0.405 e. The number of carbonyl (C=O) groups is 2. The van der Waals surface area contributed by atoms with Gasteiger partial charge in [0.2, 0.25) is 5.88 Å². The van der Waals surface area contributed by atoms with Crippen molar-refractivity contribution < 1.29 is 19.4 Å². The predicted molar refractivity (Wildman–Crippen MR) is 141 cm³/mol. The third kappa shape index (κ3) is 4.31. The van der Waals surface area contributed by atoms with Crippen LogP contribution < -0.4 is 15.0 Å². The number of aromatic nitrogens is 2. The van der Waals surface area contributed by atoms with Crippen LogP contribution in [-0.2, 0) is 16.9 Å². The summed E-state index contributed by atoms with van der Waals surface area (Å²) in [7, 11) is 0. The maximum absolute atomic E-state index is 12.8. The van der Waals surface area contributed by atoms with Gasteiger partial charge in [-0.1, -0.05) is 54.6 Å². The Morgan fingerprint density at radius 3 is 2.54 bits per heavy atom. The second-order valence-corrected chi connectivity index (χ2v) is 9.99. The number of hydrogen-bond acceptors (Lipinski definition) is 6. The topological polar surface area (TPSA) is 105 Å². The van der Waals surface area contributed by atoms with Crippen molar-refractivity contribution in [1.29, 1.82) is 0 Å². The van der Waals surface area contributed by atoms with E-state index in [0.29, 0.717) is 18.1 Å². The summed E-state index contributed by atoms with van der Waals surface area (Å²) in [5.41, 5.74) is 7.03. The lowest BCUT2D eigenvalue weighted by Gasteiger charge is -2.42. The van der Waals surface area contributed by atoms with Crippen molar-refractivity contribution in [2.75, 3.05) is 11.5 Å². The van der Waals surface area contributed by atoms with E-state index >= 15 is 0 Å². The summed E-state index contributed by atoms with van der Waals surface area (Å²) < 4.78 is 5.79. The fourth-order valence-corrected chi connectivity index (χ4v) is 5.55. The van der Waals surface area contributed by atoms with Gasteiger partial charge in [0.25, 0.3) is 5.91 Å². The van der Waals surface area contributed by atoms with Gasteiger partial charge in [-0.15, -0.1) is 11.3 Å².